The number of ether oxygens (including phenoxy) is 1. The van der Waals surface area contributed by atoms with Gasteiger partial charge in [-0.2, -0.15) is 0 Å². The van der Waals surface area contributed by atoms with E-state index in [0.29, 0.717) is 0 Å². The molecule has 0 saturated carbocycles. The fourth-order valence-electron chi connectivity index (χ4n) is 2.63. The normalized spacial score (nSPS) is 19.4. The largest absolute Gasteiger partial charge is 0.497 e. The van der Waals surface area contributed by atoms with Gasteiger partial charge >= 0.3 is 0 Å². The Morgan fingerprint density at radius 1 is 1.41 bits per heavy atom. The van der Waals surface area contributed by atoms with Crippen molar-refractivity contribution in [1.82, 2.24) is 0 Å². The van der Waals surface area contributed by atoms with Crippen molar-refractivity contribution in [3.05, 3.63) is 35.4 Å². The Labute approximate surface area is 112 Å². The summed E-state index contributed by atoms with van der Waals surface area (Å²) in [7, 11) is 1.73. The van der Waals surface area contributed by atoms with Crippen LogP contribution in [0.4, 0.5) is 0 Å². The number of rotatable bonds is 3. The molecule has 0 heterocycles. The van der Waals surface area contributed by atoms with Crippen LogP contribution in [-0.4, -0.2) is 12.4 Å². The molecular formula is C15H19BrO. The first-order chi connectivity index (χ1) is 8.08. The molecule has 0 saturated heterocycles. The van der Waals surface area contributed by atoms with Crippen LogP contribution in [0.1, 0.15) is 31.4 Å². The van der Waals surface area contributed by atoms with E-state index in [0.717, 1.165) is 23.9 Å². The maximum absolute atomic E-state index is 5.30. The molecule has 0 bridgehead atoms. The van der Waals surface area contributed by atoms with Gasteiger partial charge in [-0.3, -0.25) is 0 Å². The third-order valence-electron chi connectivity index (χ3n) is 3.42. The second-order valence-corrected chi connectivity index (χ2v) is 5.97. The number of halogens is 1. The molecule has 0 N–H and O–H groups in total. The first-order valence-corrected chi connectivity index (χ1v) is 7.14. The molecule has 0 unspecified atom stereocenters. The summed E-state index contributed by atoms with van der Waals surface area (Å²) in [5.74, 6) is 0.960. The predicted molar refractivity (Wildman–Crippen MR) is 76.9 cm³/mol. The van der Waals surface area contributed by atoms with E-state index in [4.69, 9.17) is 4.74 Å². The van der Waals surface area contributed by atoms with Crippen molar-refractivity contribution in [3.8, 4) is 5.75 Å². The highest BCUT2D eigenvalue weighted by Gasteiger charge is 2.33. The summed E-state index contributed by atoms with van der Waals surface area (Å²) in [6.45, 7) is 4.64. The van der Waals surface area contributed by atoms with Crippen molar-refractivity contribution >= 4 is 21.5 Å². The van der Waals surface area contributed by atoms with Gasteiger partial charge in [0.1, 0.15) is 5.75 Å². The molecule has 0 radical (unpaired) electrons. The SMILES string of the molecule is COc1ccc2c(c1)CC(C)(C)/C2=C/CCBr. The van der Waals surface area contributed by atoms with E-state index in [1.54, 1.807) is 7.11 Å². The second kappa shape index (κ2) is 4.85. The molecule has 0 aliphatic heterocycles. The van der Waals surface area contributed by atoms with Gasteiger partial charge in [0.05, 0.1) is 7.11 Å². The Hall–Kier alpha value is -0.760. The van der Waals surface area contributed by atoms with E-state index >= 15 is 0 Å². The summed E-state index contributed by atoms with van der Waals surface area (Å²) in [5.41, 5.74) is 4.54. The zero-order valence-electron chi connectivity index (χ0n) is 10.7. The first-order valence-electron chi connectivity index (χ1n) is 6.02. The highest BCUT2D eigenvalue weighted by molar-refractivity contribution is 9.09. The van der Waals surface area contributed by atoms with Crippen molar-refractivity contribution in [2.24, 2.45) is 5.41 Å². The van der Waals surface area contributed by atoms with Crippen LogP contribution in [0.25, 0.3) is 5.57 Å². The lowest BCUT2D eigenvalue weighted by atomic mass is 9.84. The Morgan fingerprint density at radius 2 is 2.18 bits per heavy atom. The van der Waals surface area contributed by atoms with Crippen LogP contribution in [-0.2, 0) is 6.42 Å². The second-order valence-electron chi connectivity index (χ2n) is 5.18. The summed E-state index contributed by atoms with van der Waals surface area (Å²) >= 11 is 3.49. The van der Waals surface area contributed by atoms with Crippen LogP contribution >= 0.6 is 15.9 Å². The van der Waals surface area contributed by atoms with Gasteiger partial charge in [0, 0.05) is 5.33 Å². The smallest absolute Gasteiger partial charge is 0.119 e. The van der Waals surface area contributed by atoms with E-state index in [1.165, 1.54) is 16.7 Å². The highest BCUT2D eigenvalue weighted by Crippen LogP contribution is 2.47. The molecule has 17 heavy (non-hydrogen) atoms. The van der Waals surface area contributed by atoms with Gasteiger partial charge in [-0.05, 0) is 47.1 Å². The van der Waals surface area contributed by atoms with E-state index in [2.05, 4.69) is 54.1 Å². The molecule has 0 amide bonds. The van der Waals surface area contributed by atoms with Crippen LogP contribution in [0.2, 0.25) is 0 Å². The molecule has 1 nitrogen and oxygen atoms in total. The molecule has 0 spiro atoms. The van der Waals surface area contributed by atoms with Crippen LogP contribution in [0.3, 0.4) is 0 Å². The molecule has 0 atom stereocenters. The molecule has 2 rings (SSSR count). The standard InChI is InChI=1S/C15H19BrO/c1-15(2)10-11-9-12(17-3)6-7-13(11)14(15)5-4-8-16/h5-7,9H,4,8,10H2,1-3H3/b14-5+. The van der Waals surface area contributed by atoms with Crippen LogP contribution in [0.5, 0.6) is 5.75 Å². The lowest BCUT2D eigenvalue weighted by molar-refractivity contribution is 0.414. The molecular weight excluding hydrogens is 276 g/mol. The third-order valence-corrected chi connectivity index (χ3v) is 3.88. The van der Waals surface area contributed by atoms with Crippen molar-refractivity contribution in [2.45, 2.75) is 26.7 Å². The van der Waals surface area contributed by atoms with Gasteiger partial charge < -0.3 is 4.74 Å². The zero-order chi connectivity index (χ0) is 12.5. The average molecular weight is 295 g/mol. The first kappa shape index (κ1) is 12.7. The molecule has 0 aromatic heterocycles. The monoisotopic (exact) mass is 294 g/mol. The van der Waals surface area contributed by atoms with Gasteiger partial charge in [0.25, 0.3) is 0 Å². The number of allylic oxidation sites excluding steroid dienone is 2. The molecule has 2 heteroatoms. The van der Waals surface area contributed by atoms with Gasteiger partial charge in [-0.15, -0.1) is 0 Å². The molecule has 1 aromatic rings. The van der Waals surface area contributed by atoms with Crippen molar-refractivity contribution in [3.63, 3.8) is 0 Å². The summed E-state index contributed by atoms with van der Waals surface area (Å²) in [5, 5.41) is 1.03. The average Bonchev–Trinajstić information content (AvgIpc) is 2.55. The van der Waals surface area contributed by atoms with Gasteiger partial charge in [-0.1, -0.05) is 41.9 Å². The quantitative estimate of drug-likeness (QED) is 0.749. The summed E-state index contributed by atoms with van der Waals surface area (Å²) in [6, 6.07) is 6.43. The zero-order valence-corrected chi connectivity index (χ0v) is 12.3. The number of benzene rings is 1. The van der Waals surface area contributed by atoms with Gasteiger partial charge in [0.2, 0.25) is 0 Å². The van der Waals surface area contributed by atoms with Crippen LogP contribution < -0.4 is 4.74 Å². The van der Waals surface area contributed by atoms with Crippen molar-refractivity contribution in [2.75, 3.05) is 12.4 Å². The molecule has 1 aliphatic carbocycles. The lowest BCUT2D eigenvalue weighted by Gasteiger charge is -2.20. The summed E-state index contributed by atoms with van der Waals surface area (Å²) in [6.07, 6.45) is 4.56. The Balaban J connectivity index is 2.43. The van der Waals surface area contributed by atoms with Crippen molar-refractivity contribution < 1.29 is 4.74 Å². The van der Waals surface area contributed by atoms with Gasteiger partial charge in [-0.25, -0.2) is 0 Å². The van der Waals surface area contributed by atoms with E-state index in [9.17, 15) is 0 Å². The summed E-state index contributed by atoms with van der Waals surface area (Å²) in [4.78, 5) is 0. The minimum Gasteiger partial charge on any atom is -0.497 e. The highest BCUT2D eigenvalue weighted by atomic mass is 79.9. The Morgan fingerprint density at radius 3 is 2.82 bits per heavy atom. The number of hydrogen-bond acceptors (Lipinski definition) is 1. The Bertz CT molecular complexity index is 446. The molecule has 0 fully saturated rings. The number of fused-ring (bicyclic) bond motifs is 1. The lowest BCUT2D eigenvalue weighted by Crippen LogP contribution is -2.09. The third kappa shape index (κ3) is 2.42. The summed E-state index contributed by atoms with van der Waals surface area (Å²) < 4.78 is 5.30. The number of hydrogen-bond donors (Lipinski definition) is 0. The minimum atomic E-state index is 0.247. The molecule has 1 aliphatic rings. The minimum absolute atomic E-state index is 0.247. The van der Waals surface area contributed by atoms with Crippen molar-refractivity contribution in [1.29, 1.82) is 0 Å². The van der Waals surface area contributed by atoms with E-state index in [-0.39, 0.29) is 5.41 Å². The maximum Gasteiger partial charge on any atom is 0.119 e. The fraction of sp³-hybridized carbons (Fsp3) is 0.467. The molecule has 1 aromatic carbocycles. The predicted octanol–water partition coefficient (Wildman–Crippen LogP) is 4.45. The Kier molecular flexibility index (Phi) is 3.62. The van der Waals surface area contributed by atoms with Crippen LogP contribution in [0.15, 0.2) is 24.3 Å². The maximum atomic E-state index is 5.30. The number of methoxy groups -OCH3 is 1. The van der Waals surface area contributed by atoms with Crippen LogP contribution in [0, 0.1) is 5.41 Å². The fourth-order valence-corrected chi connectivity index (χ4v) is 2.86. The number of alkyl halides is 1. The molecule has 92 valence electrons. The topological polar surface area (TPSA) is 9.23 Å². The van der Waals surface area contributed by atoms with E-state index in [1.807, 2.05) is 0 Å². The van der Waals surface area contributed by atoms with E-state index < -0.39 is 0 Å². The van der Waals surface area contributed by atoms with Gasteiger partial charge in [0.15, 0.2) is 0 Å².